The molecule has 0 aliphatic carbocycles. The van der Waals surface area contributed by atoms with E-state index in [4.69, 9.17) is 5.26 Å². The zero-order chi connectivity index (χ0) is 17.2. The Balaban J connectivity index is 2.02. The van der Waals surface area contributed by atoms with E-state index in [1.165, 1.54) is 25.0 Å². The molecule has 118 valence electrons. The SMILES string of the molecule is CCCCCC#Cc1ccc(C#Cc2ccc(C#N)c(F)c2)cc1. The lowest BCUT2D eigenvalue weighted by atomic mass is 10.1. The highest BCUT2D eigenvalue weighted by molar-refractivity contribution is 5.47. The standard InChI is InChI=1S/C22H18FN/c1-2-3-4-5-6-7-18-8-10-19(11-9-18)12-13-20-14-15-21(17-24)22(23)16-20/h8-11,14-16H,2-5H2,1H3. The predicted octanol–water partition coefficient (Wildman–Crippen LogP) is 5.03. The van der Waals surface area contributed by atoms with E-state index < -0.39 is 5.82 Å². The van der Waals surface area contributed by atoms with Gasteiger partial charge in [0.05, 0.1) is 5.56 Å². The summed E-state index contributed by atoms with van der Waals surface area (Å²) in [5.74, 6) is 11.7. The lowest BCUT2D eigenvalue weighted by molar-refractivity contribution is 0.623. The molecule has 1 nitrogen and oxygen atoms in total. The topological polar surface area (TPSA) is 23.8 Å². The summed E-state index contributed by atoms with van der Waals surface area (Å²) in [6.45, 7) is 2.18. The zero-order valence-electron chi connectivity index (χ0n) is 13.7. The van der Waals surface area contributed by atoms with E-state index in [-0.39, 0.29) is 5.56 Å². The maximum absolute atomic E-state index is 13.5. The molecule has 0 heterocycles. The number of nitrogens with zero attached hydrogens (tertiary/aromatic N) is 1. The Kier molecular flexibility index (Phi) is 6.64. The molecule has 0 aliphatic heterocycles. The van der Waals surface area contributed by atoms with Gasteiger partial charge in [0, 0.05) is 23.1 Å². The Morgan fingerprint density at radius 1 is 0.875 bits per heavy atom. The van der Waals surface area contributed by atoms with Crippen molar-refractivity contribution in [2.45, 2.75) is 32.6 Å². The minimum Gasteiger partial charge on any atom is -0.206 e. The lowest BCUT2D eigenvalue weighted by Crippen LogP contribution is -1.85. The first-order valence-electron chi connectivity index (χ1n) is 8.03. The Morgan fingerprint density at radius 3 is 2.12 bits per heavy atom. The van der Waals surface area contributed by atoms with Crippen molar-refractivity contribution in [2.75, 3.05) is 0 Å². The first-order valence-corrected chi connectivity index (χ1v) is 8.03. The zero-order valence-corrected chi connectivity index (χ0v) is 13.7. The summed E-state index contributed by atoms with van der Waals surface area (Å²) in [5, 5.41) is 8.71. The second kappa shape index (κ2) is 9.19. The van der Waals surface area contributed by atoms with Gasteiger partial charge >= 0.3 is 0 Å². The molecule has 0 amide bonds. The number of benzene rings is 2. The van der Waals surface area contributed by atoms with Gasteiger partial charge in [-0.05, 0) is 48.9 Å². The molecule has 2 rings (SSSR count). The van der Waals surface area contributed by atoms with Gasteiger partial charge in [0.15, 0.2) is 0 Å². The lowest BCUT2D eigenvalue weighted by Gasteiger charge is -1.94. The van der Waals surface area contributed by atoms with Crippen LogP contribution in [0.4, 0.5) is 4.39 Å². The number of halogens is 1. The number of unbranched alkanes of at least 4 members (excludes halogenated alkanes) is 3. The second-order valence-corrected chi connectivity index (χ2v) is 5.39. The molecule has 0 atom stereocenters. The second-order valence-electron chi connectivity index (χ2n) is 5.39. The van der Waals surface area contributed by atoms with Gasteiger partial charge in [0.1, 0.15) is 11.9 Å². The van der Waals surface area contributed by atoms with Crippen molar-refractivity contribution < 1.29 is 4.39 Å². The minimum absolute atomic E-state index is 0.0300. The maximum atomic E-state index is 13.5. The van der Waals surface area contributed by atoms with Crippen molar-refractivity contribution in [3.63, 3.8) is 0 Å². The molecule has 24 heavy (non-hydrogen) atoms. The molecule has 0 saturated carbocycles. The fraction of sp³-hybridized carbons (Fsp3) is 0.227. The number of hydrogen-bond donors (Lipinski definition) is 0. The van der Waals surface area contributed by atoms with E-state index in [1.54, 1.807) is 12.1 Å². The van der Waals surface area contributed by atoms with Gasteiger partial charge in [-0.15, -0.1) is 0 Å². The average Bonchev–Trinajstić information content (AvgIpc) is 2.61. The molecule has 0 unspecified atom stereocenters. The molecule has 2 aromatic rings. The highest BCUT2D eigenvalue weighted by Gasteiger charge is 2.00. The van der Waals surface area contributed by atoms with Gasteiger partial charge in [-0.3, -0.25) is 0 Å². The van der Waals surface area contributed by atoms with Crippen molar-refractivity contribution in [1.82, 2.24) is 0 Å². The van der Waals surface area contributed by atoms with Crippen LogP contribution in [0.2, 0.25) is 0 Å². The largest absolute Gasteiger partial charge is 0.206 e. The number of rotatable bonds is 3. The molecule has 0 fully saturated rings. The van der Waals surface area contributed by atoms with Crippen molar-refractivity contribution in [3.8, 4) is 29.8 Å². The fourth-order valence-corrected chi connectivity index (χ4v) is 2.09. The number of hydrogen-bond acceptors (Lipinski definition) is 1. The molecule has 0 saturated heterocycles. The fourth-order valence-electron chi connectivity index (χ4n) is 2.09. The van der Waals surface area contributed by atoms with Crippen LogP contribution >= 0.6 is 0 Å². The van der Waals surface area contributed by atoms with Gasteiger partial charge in [-0.1, -0.05) is 43.4 Å². The Labute approximate surface area is 143 Å². The van der Waals surface area contributed by atoms with Crippen molar-refractivity contribution in [3.05, 3.63) is 70.5 Å². The first-order chi connectivity index (χ1) is 11.7. The monoisotopic (exact) mass is 315 g/mol. The molecular formula is C22H18FN. The van der Waals surface area contributed by atoms with Crippen molar-refractivity contribution >= 4 is 0 Å². The van der Waals surface area contributed by atoms with Crippen LogP contribution in [0.3, 0.4) is 0 Å². The van der Waals surface area contributed by atoms with E-state index in [0.29, 0.717) is 5.56 Å². The minimum atomic E-state index is -0.544. The summed E-state index contributed by atoms with van der Waals surface area (Å²) in [7, 11) is 0. The average molecular weight is 315 g/mol. The third-order valence-corrected chi connectivity index (χ3v) is 3.46. The third-order valence-electron chi connectivity index (χ3n) is 3.46. The summed E-state index contributed by atoms with van der Waals surface area (Å²) in [6, 6.07) is 13.9. The number of nitriles is 1. The molecule has 0 spiro atoms. The molecule has 0 aliphatic rings. The van der Waals surface area contributed by atoms with Crippen LogP contribution in [0.1, 0.15) is 54.9 Å². The van der Waals surface area contributed by atoms with Crippen LogP contribution in [0.5, 0.6) is 0 Å². The molecule has 0 radical (unpaired) electrons. The molecule has 2 heteroatoms. The van der Waals surface area contributed by atoms with Crippen LogP contribution in [0.15, 0.2) is 42.5 Å². The third kappa shape index (κ3) is 5.31. The molecular weight excluding hydrogens is 297 g/mol. The summed E-state index contributed by atoms with van der Waals surface area (Å²) in [4.78, 5) is 0. The van der Waals surface area contributed by atoms with Crippen molar-refractivity contribution in [2.24, 2.45) is 0 Å². The van der Waals surface area contributed by atoms with E-state index in [9.17, 15) is 4.39 Å². The predicted molar refractivity (Wildman–Crippen MR) is 94.6 cm³/mol. The van der Waals surface area contributed by atoms with E-state index in [2.05, 4.69) is 30.6 Å². The van der Waals surface area contributed by atoms with Gasteiger partial charge in [0.25, 0.3) is 0 Å². The van der Waals surface area contributed by atoms with Crippen LogP contribution in [-0.4, -0.2) is 0 Å². The maximum Gasteiger partial charge on any atom is 0.142 e. The molecule has 0 bridgehead atoms. The Hall–Kier alpha value is -3.02. The first kappa shape index (κ1) is 17.3. The Bertz CT molecular complexity index is 849. The quantitative estimate of drug-likeness (QED) is 0.576. The van der Waals surface area contributed by atoms with Crippen LogP contribution < -0.4 is 0 Å². The smallest absolute Gasteiger partial charge is 0.142 e. The van der Waals surface area contributed by atoms with Gasteiger partial charge in [-0.25, -0.2) is 4.39 Å². The highest BCUT2D eigenvalue weighted by Crippen LogP contribution is 2.09. The van der Waals surface area contributed by atoms with Crippen molar-refractivity contribution in [1.29, 1.82) is 5.26 Å². The summed E-state index contributed by atoms with van der Waals surface area (Å²) < 4.78 is 13.5. The van der Waals surface area contributed by atoms with Gasteiger partial charge in [0.2, 0.25) is 0 Å². The van der Waals surface area contributed by atoms with E-state index in [1.807, 2.05) is 24.3 Å². The van der Waals surface area contributed by atoms with E-state index >= 15 is 0 Å². The van der Waals surface area contributed by atoms with Gasteiger partial charge < -0.3 is 0 Å². The Morgan fingerprint density at radius 2 is 1.50 bits per heavy atom. The van der Waals surface area contributed by atoms with E-state index in [0.717, 1.165) is 24.0 Å². The molecule has 0 N–H and O–H groups in total. The van der Waals surface area contributed by atoms with Gasteiger partial charge in [-0.2, -0.15) is 5.26 Å². The van der Waals surface area contributed by atoms with Crippen LogP contribution in [0, 0.1) is 40.8 Å². The summed E-state index contributed by atoms with van der Waals surface area (Å²) >= 11 is 0. The highest BCUT2D eigenvalue weighted by atomic mass is 19.1. The van der Waals surface area contributed by atoms with Crippen LogP contribution in [0.25, 0.3) is 0 Å². The normalized spacial score (nSPS) is 9.21. The summed E-state index contributed by atoms with van der Waals surface area (Å²) in [5.41, 5.74) is 2.39. The molecule has 2 aromatic carbocycles. The summed E-state index contributed by atoms with van der Waals surface area (Å²) in [6.07, 6.45) is 4.51. The van der Waals surface area contributed by atoms with Crippen LogP contribution in [-0.2, 0) is 0 Å². The molecule has 0 aromatic heterocycles.